The van der Waals surface area contributed by atoms with Gasteiger partial charge in [0, 0.05) is 7.05 Å². The maximum absolute atomic E-state index is 9.34. The van der Waals surface area contributed by atoms with Gasteiger partial charge in [0.1, 0.15) is 0 Å². The van der Waals surface area contributed by atoms with Gasteiger partial charge in [-0.15, -0.1) is 0 Å². The average Bonchev–Trinajstić information content (AvgIpc) is 1.88. The molecule has 0 aromatic heterocycles. The summed E-state index contributed by atoms with van der Waals surface area (Å²) >= 11 is 0. The zero-order valence-corrected chi connectivity index (χ0v) is 6.32. The first-order valence-corrected chi connectivity index (χ1v) is 3.81. The van der Waals surface area contributed by atoms with Crippen LogP contribution in [0.5, 0.6) is 0 Å². The summed E-state index contributed by atoms with van der Waals surface area (Å²) in [5, 5.41) is 19.5. The number of rotatable bonds is 1. The Balaban J connectivity index is 2.40. The predicted octanol–water partition coefficient (Wildman–Crippen LogP) is 0.611. The number of nitrogens with zero attached hydrogens (tertiary/aromatic N) is 1. The van der Waals surface area contributed by atoms with Crippen LogP contribution in [0, 0.1) is 0 Å². The minimum absolute atomic E-state index is 0.0336. The lowest BCUT2D eigenvalue weighted by Crippen LogP contribution is -2.41. The van der Waals surface area contributed by atoms with Crippen molar-refractivity contribution in [3.05, 3.63) is 0 Å². The van der Waals surface area contributed by atoms with E-state index in [1.165, 1.54) is 0 Å². The van der Waals surface area contributed by atoms with Crippen LogP contribution in [-0.4, -0.2) is 34.6 Å². The second kappa shape index (κ2) is 3.32. The van der Waals surface area contributed by atoms with Gasteiger partial charge in [0.05, 0.1) is 12.1 Å². The second-order valence-electron chi connectivity index (χ2n) is 2.99. The topological polar surface area (TPSA) is 43.7 Å². The molecule has 1 fully saturated rings. The van der Waals surface area contributed by atoms with Crippen molar-refractivity contribution in [3.63, 3.8) is 0 Å². The van der Waals surface area contributed by atoms with Gasteiger partial charge in [-0.2, -0.15) is 5.06 Å². The lowest BCUT2D eigenvalue weighted by Gasteiger charge is -2.30. The quantitative estimate of drug-likeness (QED) is 0.531. The molecule has 0 saturated heterocycles. The standard InChI is InChI=1S/C7H15NO2/c1-8(10)6-4-2-3-5-7(6)9/h6-7,9-10H,2-5H2,1H3. The van der Waals surface area contributed by atoms with E-state index in [2.05, 4.69) is 0 Å². The van der Waals surface area contributed by atoms with Gasteiger partial charge in [-0.3, -0.25) is 0 Å². The summed E-state index contributed by atoms with van der Waals surface area (Å²) in [6.45, 7) is 0. The first-order chi connectivity index (χ1) is 4.72. The molecular weight excluding hydrogens is 130 g/mol. The fourth-order valence-electron chi connectivity index (χ4n) is 1.53. The number of likely N-dealkylation sites (N-methyl/N-ethyl adjacent to an activating group) is 1. The van der Waals surface area contributed by atoms with Crippen LogP contribution in [0.2, 0.25) is 0 Å². The van der Waals surface area contributed by atoms with Crippen molar-refractivity contribution in [2.75, 3.05) is 7.05 Å². The highest BCUT2D eigenvalue weighted by atomic mass is 16.5. The molecule has 60 valence electrons. The van der Waals surface area contributed by atoms with E-state index in [1.54, 1.807) is 7.05 Å². The number of aliphatic hydroxyl groups excluding tert-OH is 1. The van der Waals surface area contributed by atoms with Crippen molar-refractivity contribution >= 4 is 0 Å². The summed E-state index contributed by atoms with van der Waals surface area (Å²) in [6.07, 6.45) is 3.62. The van der Waals surface area contributed by atoms with Gasteiger partial charge in [-0.25, -0.2) is 0 Å². The predicted molar refractivity (Wildman–Crippen MR) is 37.8 cm³/mol. The average molecular weight is 145 g/mol. The van der Waals surface area contributed by atoms with E-state index >= 15 is 0 Å². The van der Waals surface area contributed by atoms with E-state index in [-0.39, 0.29) is 12.1 Å². The van der Waals surface area contributed by atoms with Crippen LogP contribution < -0.4 is 0 Å². The number of hydrogen-bond donors (Lipinski definition) is 2. The molecule has 1 aliphatic rings. The van der Waals surface area contributed by atoms with E-state index in [0.29, 0.717) is 0 Å². The van der Waals surface area contributed by atoms with Crippen LogP contribution >= 0.6 is 0 Å². The van der Waals surface area contributed by atoms with Gasteiger partial charge in [0.2, 0.25) is 0 Å². The van der Waals surface area contributed by atoms with Crippen LogP contribution in [0.4, 0.5) is 0 Å². The highest BCUT2D eigenvalue weighted by Gasteiger charge is 2.25. The van der Waals surface area contributed by atoms with Crippen molar-refractivity contribution in [3.8, 4) is 0 Å². The first-order valence-electron chi connectivity index (χ1n) is 3.81. The molecule has 3 heteroatoms. The Hall–Kier alpha value is -0.120. The van der Waals surface area contributed by atoms with Gasteiger partial charge in [-0.05, 0) is 12.8 Å². The number of hydrogen-bond acceptors (Lipinski definition) is 3. The van der Waals surface area contributed by atoms with E-state index in [0.717, 1.165) is 30.7 Å². The maximum atomic E-state index is 9.34. The second-order valence-corrected chi connectivity index (χ2v) is 2.99. The van der Waals surface area contributed by atoms with Crippen molar-refractivity contribution < 1.29 is 10.3 Å². The Bertz CT molecular complexity index is 106. The third-order valence-electron chi connectivity index (χ3n) is 2.17. The molecule has 2 N–H and O–H groups in total. The van der Waals surface area contributed by atoms with E-state index in [4.69, 9.17) is 5.21 Å². The zero-order valence-electron chi connectivity index (χ0n) is 6.32. The van der Waals surface area contributed by atoms with Crippen molar-refractivity contribution in [2.24, 2.45) is 0 Å². The smallest absolute Gasteiger partial charge is 0.0718 e. The van der Waals surface area contributed by atoms with Gasteiger partial charge in [0.25, 0.3) is 0 Å². The molecule has 1 saturated carbocycles. The van der Waals surface area contributed by atoms with Gasteiger partial charge in [0.15, 0.2) is 0 Å². The fraction of sp³-hybridized carbons (Fsp3) is 1.00. The first kappa shape index (κ1) is 7.98. The minimum Gasteiger partial charge on any atom is -0.391 e. The molecule has 0 spiro atoms. The molecule has 0 aromatic carbocycles. The monoisotopic (exact) mass is 145 g/mol. The molecule has 0 amide bonds. The molecule has 2 atom stereocenters. The Morgan fingerprint density at radius 3 is 2.30 bits per heavy atom. The Labute approximate surface area is 61.2 Å². The van der Waals surface area contributed by atoms with Crippen LogP contribution in [0.15, 0.2) is 0 Å². The van der Waals surface area contributed by atoms with E-state index in [9.17, 15) is 5.11 Å². The highest BCUT2D eigenvalue weighted by Crippen LogP contribution is 2.20. The Kier molecular flexibility index (Phi) is 2.65. The number of aliphatic hydroxyl groups is 1. The molecule has 0 aromatic rings. The number of hydroxylamine groups is 2. The summed E-state index contributed by atoms with van der Waals surface area (Å²) in [6, 6.07) is -0.0336. The van der Waals surface area contributed by atoms with Gasteiger partial charge >= 0.3 is 0 Å². The van der Waals surface area contributed by atoms with Crippen molar-refractivity contribution in [1.29, 1.82) is 0 Å². The van der Waals surface area contributed by atoms with E-state index in [1.807, 2.05) is 0 Å². The molecule has 0 bridgehead atoms. The zero-order chi connectivity index (χ0) is 7.56. The molecule has 0 aliphatic heterocycles. The highest BCUT2D eigenvalue weighted by molar-refractivity contribution is 4.77. The van der Waals surface area contributed by atoms with Crippen molar-refractivity contribution in [1.82, 2.24) is 5.06 Å². The Morgan fingerprint density at radius 2 is 1.90 bits per heavy atom. The lowest BCUT2D eigenvalue weighted by atomic mass is 9.93. The summed E-state index contributed by atoms with van der Waals surface area (Å²) in [7, 11) is 1.60. The molecule has 10 heavy (non-hydrogen) atoms. The largest absolute Gasteiger partial charge is 0.391 e. The summed E-state index contributed by atoms with van der Waals surface area (Å²) in [5.74, 6) is 0. The van der Waals surface area contributed by atoms with Gasteiger partial charge < -0.3 is 10.3 Å². The molecule has 0 heterocycles. The molecule has 0 radical (unpaired) electrons. The summed E-state index contributed by atoms with van der Waals surface area (Å²) in [5.41, 5.74) is 0. The molecule has 1 aliphatic carbocycles. The summed E-state index contributed by atoms with van der Waals surface area (Å²) < 4.78 is 0. The third kappa shape index (κ3) is 1.68. The van der Waals surface area contributed by atoms with E-state index < -0.39 is 0 Å². The third-order valence-corrected chi connectivity index (χ3v) is 2.17. The Morgan fingerprint density at radius 1 is 1.30 bits per heavy atom. The molecule has 1 rings (SSSR count). The SMILES string of the molecule is CN(O)C1CCCCC1O. The molecule has 2 unspecified atom stereocenters. The van der Waals surface area contributed by atoms with Crippen LogP contribution in [0.1, 0.15) is 25.7 Å². The van der Waals surface area contributed by atoms with Crippen LogP contribution in [-0.2, 0) is 0 Å². The lowest BCUT2D eigenvalue weighted by molar-refractivity contribution is -0.144. The minimum atomic E-state index is -0.330. The normalized spacial score (nSPS) is 34.8. The van der Waals surface area contributed by atoms with Crippen molar-refractivity contribution in [2.45, 2.75) is 37.8 Å². The van der Waals surface area contributed by atoms with Gasteiger partial charge in [-0.1, -0.05) is 12.8 Å². The molecule has 3 nitrogen and oxygen atoms in total. The van der Waals surface area contributed by atoms with Crippen LogP contribution in [0.25, 0.3) is 0 Å². The summed E-state index contributed by atoms with van der Waals surface area (Å²) in [4.78, 5) is 0. The molecular formula is C7H15NO2. The fourth-order valence-corrected chi connectivity index (χ4v) is 1.53. The van der Waals surface area contributed by atoms with Crippen LogP contribution in [0.3, 0.4) is 0 Å². The maximum Gasteiger partial charge on any atom is 0.0718 e.